The van der Waals surface area contributed by atoms with Crippen LogP contribution in [0.4, 0.5) is 15.9 Å². The number of anilines is 2. The van der Waals surface area contributed by atoms with Crippen LogP contribution >= 0.6 is 11.6 Å². The number of fused-ring (bicyclic) bond motifs is 1. The summed E-state index contributed by atoms with van der Waals surface area (Å²) in [5.41, 5.74) is 2.73. The summed E-state index contributed by atoms with van der Waals surface area (Å²) in [6.07, 6.45) is 1.83. The number of guanidine groups is 1. The Morgan fingerprint density at radius 2 is 2.04 bits per heavy atom. The van der Waals surface area contributed by atoms with Crippen LogP contribution in [0.1, 0.15) is 18.2 Å². The van der Waals surface area contributed by atoms with E-state index >= 15 is 0 Å². The van der Waals surface area contributed by atoms with Gasteiger partial charge in [-0.3, -0.25) is 0 Å². The molecular formula is C20H19ClFN5. The van der Waals surface area contributed by atoms with Gasteiger partial charge in [-0.1, -0.05) is 23.7 Å². The monoisotopic (exact) mass is 383 g/mol. The van der Waals surface area contributed by atoms with Gasteiger partial charge in [0.15, 0.2) is 0 Å². The molecule has 0 saturated heterocycles. The predicted octanol–water partition coefficient (Wildman–Crippen LogP) is 4.68. The number of aliphatic imine (C=N–C) groups is 1. The van der Waals surface area contributed by atoms with Gasteiger partial charge in [0.2, 0.25) is 5.96 Å². The van der Waals surface area contributed by atoms with Crippen molar-refractivity contribution in [2.45, 2.75) is 26.6 Å². The minimum absolute atomic E-state index is 0.259. The van der Waals surface area contributed by atoms with Crippen molar-refractivity contribution in [3.8, 4) is 0 Å². The lowest BCUT2D eigenvalue weighted by Gasteiger charge is -2.31. The van der Waals surface area contributed by atoms with E-state index in [0.29, 0.717) is 24.1 Å². The summed E-state index contributed by atoms with van der Waals surface area (Å²) >= 11 is 6.03. The van der Waals surface area contributed by atoms with Gasteiger partial charge in [0.1, 0.15) is 17.3 Å². The molecule has 2 aromatic carbocycles. The first-order chi connectivity index (χ1) is 13.1. The molecule has 1 N–H and O–H groups in total. The number of halogens is 2. The molecule has 0 saturated carbocycles. The third-order valence-corrected chi connectivity index (χ3v) is 4.74. The fourth-order valence-corrected chi connectivity index (χ4v) is 3.21. The molecule has 0 amide bonds. The van der Waals surface area contributed by atoms with Gasteiger partial charge in [-0.15, -0.1) is 0 Å². The number of imidazole rings is 1. The maximum absolute atomic E-state index is 13.5. The lowest BCUT2D eigenvalue weighted by atomic mass is 10.2. The second kappa shape index (κ2) is 7.40. The molecule has 138 valence electrons. The van der Waals surface area contributed by atoms with E-state index in [-0.39, 0.29) is 5.82 Å². The molecule has 0 radical (unpaired) electrons. The molecule has 0 spiro atoms. The minimum Gasteiger partial charge on any atom is -0.317 e. The van der Waals surface area contributed by atoms with Gasteiger partial charge in [-0.2, -0.15) is 0 Å². The van der Waals surface area contributed by atoms with E-state index in [9.17, 15) is 4.39 Å². The van der Waals surface area contributed by atoms with E-state index in [1.807, 2.05) is 46.1 Å². The van der Waals surface area contributed by atoms with Gasteiger partial charge in [-0.05, 0) is 48.9 Å². The molecule has 5 nitrogen and oxygen atoms in total. The maximum atomic E-state index is 13.5. The van der Waals surface area contributed by atoms with Crippen LogP contribution in [0, 0.1) is 5.82 Å². The van der Waals surface area contributed by atoms with Gasteiger partial charge >= 0.3 is 0 Å². The average molecular weight is 384 g/mol. The molecule has 0 bridgehead atoms. The summed E-state index contributed by atoms with van der Waals surface area (Å²) in [6.45, 7) is 3.85. The molecule has 1 aliphatic heterocycles. The minimum atomic E-state index is -0.259. The molecular weight excluding hydrogens is 365 g/mol. The second-order valence-corrected chi connectivity index (χ2v) is 6.72. The van der Waals surface area contributed by atoms with E-state index < -0.39 is 0 Å². The zero-order chi connectivity index (χ0) is 18.8. The Balaban J connectivity index is 1.69. The van der Waals surface area contributed by atoms with Crippen molar-refractivity contribution >= 4 is 29.1 Å². The molecule has 0 aliphatic carbocycles. The van der Waals surface area contributed by atoms with E-state index in [1.54, 1.807) is 6.07 Å². The standard InChI is InChI=1S/C20H19ClFN5/c1-2-26-13-24-18-12-27(17-8-6-15(21)7-9-17)20(25-19(18)26)23-11-14-4-3-5-16(22)10-14/h3-10,13H,2,11-12H2,1H3,(H,23,25). The first-order valence-corrected chi connectivity index (χ1v) is 9.15. The zero-order valence-electron chi connectivity index (χ0n) is 14.9. The molecule has 1 aliphatic rings. The van der Waals surface area contributed by atoms with Gasteiger partial charge in [0.25, 0.3) is 0 Å². The van der Waals surface area contributed by atoms with Crippen LogP contribution < -0.4 is 10.2 Å². The highest BCUT2D eigenvalue weighted by atomic mass is 35.5. The van der Waals surface area contributed by atoms with Crippen LogP contribution in [0.5, 0.6) is 0 Å². The topological polar surface area (TPSA) is 45.5 Å². The molecule has 4 rings (SSSR count). The third kappa shape index (κ3) is 3.66. The largest absolute Gasteiger partial charge is 0.317 e. The molecule has 3 aromatic rings. The number of hydrogen-bond acceptors (Lipinski definition) is 2. The van der Waals surface area contributed by atoms with E-state index in [4.69, 9.17) is 16.6 Å². The number of rotatable bonds is 4. The smallest absolute Gasteiger partial charge is 0.204 e. The lowest BCUT2D eigenvalue weighted by Crippen LogP contribution is -2.41. The van der Waals surface area contributed by atoms with E-state index in [1.165, 1.54) is 12.1 Å². The summed E-state index contributed by atoms with van der Waals surface area (Å²) in [7, 11) is 0. The van der Waals surface area contributed by atoms with Gasteiger partial charge < -0.3 is 14.8 Å². The molecule has 0 atom stereocenters. The molecule has 27 heavy (non-hydrogen) atoms. The fraction of sp³-hybridized carbons (Fsp3) is 0.200. The Morgan fingerprint density at radius 3 is 2.78 bits per heavy atom. The normalized spacial score (nSPS) is 14.9. The number of aryl methyl sites for hydroxylation is 1. The summed E-state index contributed by atoms with van der Waals surface area (Å²) in [6, 6.07) is 14.1. The number of aromatic nitrogens is 2. The molecule has 2 heterocycles. The van der Waals surface area contributed by atoms with Crippen molar-refractivity contribution in [1.29, 1.82) is 0 Å². The highest BCUT2D eigenvalue weighted by Gasteiger charge is 2.26. The van der Waals surface area contributed by atoms with Crippen molar-refractivity contribution in [3.05, 3.63) is 77.0 Å². The number of nitrogens with zero attached hydrogens (tertiary/aromatic N) is 4. The number of benzene rings is 2. The number of hydrogen-bond donors (Lipinski definition) is 1. The maximum Gasteiger partial charge on any atom is 0.204 e. The highest BCUT2D eigenvalue weighted by Crippen LogP contribution is 2.28. The quantitative estimate of drug-likeness (QED) is 0.711. The highest BCUT2D eigenvalue weighted by molar-refractivity contribution is 6.30. The SMILES string of the molecule is CCn1cnc2c1NC(=NCc1cccc(F)c1)N(c1ccc(Cl)cc1)C2. The summed E-state index contributed by atoms with van der Waals surface area (Å²) in [4.78, 5) is 11.3. The molecule has 7 heteroatoms. The van der Waals surface area contributed by atoms with Gasteiger partial charge in [0.05, 0.1) is 19.4 Å². The van der Waals surface area contributed by atoms with Crippen LogP contribution in [0.2, 0.25) is 5.02 Å². The predicted molar refractivity (Wildman–Crippen MR) is 107 cm³/mol. The van der Waals surface area contributed by atoms with Crippen molar-refractivity contribution < 1.29 is 4.39 Å². The molecule has 1 aromatic heterocycles. The summed E-state index contributed by atoms with van der Waals surface area (Å²) in [5, 5.41) is 4.07. The summed E-state index contributed by atoms with van der Waals surface area (Å²) in [5.74, 6) is 1.38. The Kier molecular flexibility index (Phi) is 4.81. The zero-order valence-corrected chi connectivity index (χ0v) is 15.6. The Morgan fingerprint density at radius 1 is 1.22 bits per heavy atom. The third-order valence-electron chi connectivity index (χ3n) is 4.49. The van der Waals surface area contributed by atoms with E-state index in [0.717, 1.165) is 29.3 Å². The van der Waals surface area contributed by atoms with E-state index in [2.05, 4.69) is 17.2 Å². The van der Waals surface area contributed by atoms with Crippen LogP contribution in [0.25, 0.3) is 0 Å². The van der Waals surface area contributed by atoms with Crippen LogP contribution in [0.3, 0.4) is 0 Å². The Hall–Kier alpha value is -2.86. The van der Waals surface area contributed by atoms with Crippen molar-refractivity contribution in [2.75, 3.05) is 10.2 Å². The van der Waals surface area contributed by atoms with Crippen molar-refractivity contribution in [2.24, 2.45) is 4.99 Å². The van der Waals surface area contributed by atoms with Crippen molar-refractivity contribution in [3.63, 3.8) is 0 Å². The van der Waals surface area contributed by atoms with Crippen LogP contribution in [0.15, 0.2) is 59.9 Å². The van der Waals surface area contributed by atoms with Gasteiger partial charge in [0, 0.05) is 17.3 Å². The Labute approximate surface area is 162 Å². The van der Waals surface area contributed by atoms with Crippen molar-refractivity contribution in [1.82, 2.24) is 9.55 Å². The average Bonchev–Trinajstić information content (AvgIpc) is 3.08. The summed E-state index contributed by atoms with van der Waals surface area (Å²) < 4.78 is 15.5. The fourth-order valence-electron chi connectivity index (χ4n) is 3.08. The van der Waals surface area contributed by atoms with Crippen LogP contribution in [-0.4, -0.2) is 15.5 Å². The first-order valence-electron chi connectivity index (χ1n) is 8.77. The van der Waals surface area contributed by atoms with Crippen LogP contribution in [-0.2, 0) is 19.6 Å². The first kappa shape index (κ1) is 17.5. The molecule has 0 unspecified atom stereocenters. The second-order valence-electron chi connectivity index (χ2n) is 6.28. The lowest BCUT2D eigenvalue weighted by molar-refractivity contribution is 0.625. The molecule has 0 fully saturated rings. The number of nitrogens with one attached hydrogen (secondary N) is 1. The Bertz CT molecular complexity index is 980. The van der Waals surface area contributed by atoms with Gasteiger partial charge in [-0.25, -0.2) is 14.4 Å².